The van der Waals surface area contributed by atoms with Crippen LogP contribution >= 0.6 is 0 Å². The summed E-state index contributed by atoms with van der Waals surface area (Å²) in [7, 11) is 0. The Morgan fingerprint density at radius 1 is 0.230 bits per heavy atom. The number of hydrogen-bond donors (Lipinski definition) is 0. The molecule has 0 amide bonds. The molecule has 10 heteroatoms. The highest BCUT2D eigenvalue weighted by molar-refractivity contribution is 5.10. The van der Waals surface area contributed by atoms with Crippen LogP contribution in [0.5, 0.6) is 0 Å². The van der Waals surface area contributed by atoms with Gasteiger partial charge in [-0.25, -0.2) is 0 Å². The number of ether oxygens (including phenoxy) is 10. The molecule has 10 nitrogen and oxygen atoms in total. The van der Waals surface area contributed by atoms with Crippen molar-refractivity contribution in [2.24, 2.45) is 99.1 Å². The van der Waals surface area contributed by atoms with Gasteiger partial charge >= 0.3 is 0 Å². The van der Waals surface area contributed by atoms with E-state index in [1.807, 2.05) is 96.9 Å². The fraction of sp³-hybridized carbons (Fsp3) is 1.00. The maximum Gasteiger partial charge on any atom is 0.171 e. The highest BCUT2D eigenvalue weighted by Gasteiger charge is 2.60. The molecule has 0 N–H and O–H groups in total. The molecule has 664 valence electrons. The molecule has 0 aromatic carbocycles. The maximum absolute atomic E-state index is 6.34. The van der Waals surface area contributed by atoms with Crippen LogP contribution in [0.25, 0.3) is 0 Å². The van der Waals surface area contributed by atoms with Gasteiger partial charge in [-0.2, -0.15) is 0 Å². The third-order valence-electron chi connectivity index (χ3n) is 32.6. The number of fused-ring (bicyclic) bond motifs is 9. The van der Waals surface area contributed by atoms with Gasteiger partial charge < -0.3 is 47.4 Å². The molecule has 18 aliphatic carbocycles. The number of rotatable bonds is 0. The second-order valence-corrected chi connectivity index (χ2v) is 40.3. The van der Waals surface area contributed by atoms with Crippen LogP contribution in [-0.2, 0) is 47.4 Å². The molecule has 0 aromatic rings. The van der Waals surface area contributed by atoms with Gasteiger partial charge in [0, 0.05) is 52.0 Å². The second kappa shape index (κ2) is 50.4. The fourth-order valence-corrected chi connectivity index (χ4v) is 27.9. The lowest BCUT2D eigenvalue weighted by molar-refractivity contribution is -0.252. The Morgan fingerprint density at radius 3 is 1.01 bits per heavy atom. The van der Waals surface area contributed by atoms with Crippen LogP contribution < -0.4 is 0 Å². The molecule has 113 heavy (non-hydrogen) atoms. The summed E-state index contributed by atoms with van der Waals surface area (Å²) < 4.78 is 57.3. The summed E-state index contributed by atoms with van der Waals surface area (Å²) in [5, 5.41) is 0. The monoisotopic (exact) mass is 1590 g/mol. The van der Waals surface area contributed by atoms with Gasteiger partial charge in [-0.05, 0) is 346 Å². The van der Waals surface area contributed by atoms with Crippen LogP contribution in [0.15, 0.2) is 0 Å². The third kappa shape index (κ3) is 27.3. The van der Waals surface area contributed by atoms with Crippen molar-refractivity contribution in [3.63, 3.8) is 0 Å². The average Bonchev–Trinajstić information content (AvgIpc) is 1.53. The predicted molar refractivity (Wildman–Crippen MR) is 475 cm³/mol. The van der Waals surface area contributed by atoms with Crippen LogP contribution in [0.2, 0.25) is 0 Å². The summed E-state index contributed by atoms with van der Waals surface area (Å²) in [5.74, 6) is 13.6. The minimum absolute atomic E-state index is 0.0590. The topological polar surface area (TPSA) is 92.3 Å². The Balaban J connectivity index is 0.000000160. The van der Waals surface area contributed by atoms with Crippen LogP contribution in [-0.4, -0.2) is 114 Å². The van der Waals surface area contributed by atoms with E-state index in [0.717, 1.165) is 205 Å². The van der Waals surface area contributed by atoms with Gasteiger partial charge in [0.1, 0.15) is 0 Å². The standard InChI is InChI=1S/C16H26.C14H22O2.C13H22.C12H22.2C11H18O2.2C7H14O2.6C2H6/c1-2-4-6-16(5-3-1)14-8-12-7-13(10-14)11-15(16)9-12;1-2-15-9-14(16-3-1)12-5-10-4-11(7-12)8-13(14)6-10;1-2-4-8-13(7-3-1)10-11-5-6-12(13)9-11;1-2-5-9-12(8-4-1)10-6-3-7-11-12;1-4-12-8-11(13-5-1)7-9-2-3-10(11)6-9;1-2-6-13-11(12-5-1)8-9-3-4-10(11)7-9;1-7(2)6-8-4-3-5-9-7;1-7(2)8-5-3-4-6-9-7;6*1-2/h12-15H,1-11H2;10-13H,1-9H2;11-12H,1-10H2;1-11H2;2*9-10H,1-8H2;2*3-6H2,1-2H3;6*1-2H3. The molecule has 6 spiro atoms. The fourth-order valence-electron chi connectivity index (χ4n) is 27.9. The zero-order valence-corrected chi connectivity index (χ0v) is 78.1. The van der Waals surface area contributed by atoms with E-state index in [1.165, 1.54) is 179 Å². The predicted octanol–water partition coefficient (Wildman–Crippen LogP) is 29.1. The normalized spacial score (nSPS) is 38.2. The summed E-state index contributed by atoms with van der Waals surface area (Å²) in [6.07, 6.45) is 76.0. The van der Waals surface area contributed by atoms with Gasteiger partial charge in [0.25, 0.3) is 0 Å². The Morgan fingerprint density at radius 2 is 0.584 bits per heavy atom. The van der Waals surface area contributed by atoms with Crippen LogP contribution in [0.4, 0.5) is 0 Å². The van der Waals surface area contributed by atoms with E-state index in [9.17, 15) is 0 Å². The first-order valence-corrected chi connectivity index (χ1v) is 51.4. The molecule has 23 rings (SSSR count). The van der Waals surface area contributed by atoms with Gasteiger partial charge in [-0.3, -0.25) is 0 Å². The molecule has 5 heterocycles. The lowest BCUT2D eigenvalue weighted by atomic mass is 9.43. The summed E-state index contributed by atoms with van der Waals surface area (Å²) in [6, 6.07) is 0. The Kier molecular flexibility index (Phi) is 43.7. The van der Waals surface area contributed by atoms with E-state index >= 15 is 0 Å². The Bertz CT molecular complexity index is 2130. The van der Waals surface area contributed by atoms with Crippen molar-refractivity contribution in [3.05, 3.63) is 0 Å². The minimum atomic E-state index is -0.337. The smallest absolute Gasteiger partial charge is 0.171 e. The van der Waals surface area contributed by atoms with Gasteiger partial charge in [-0.1, -0.05) is 186 Å². The SMILES string of the molecule is C1CCCC2(CC1)C1CC3CC(C1)CC2C3.C1CCCC2(CC1)CC1CCC2C1.C1CCCC2(CC1)CCCCC2.C1CCOC2(CC3CCC2C3)OC1.C1COCC2(CC3CCC2C3)OC1.C1COCC2(OC1)C1CC3CC(C1)CC2C3.CC.CC.CC.CC.CC.CC.CC1(C)COCCCO1.CC1(C)OCCCCO1. The van der Waals surface area contributed by atoms with Crippen molar-refractivity contribution >= 4 is 0 Å². The van der Waals surface area contributed by atoms with Crippen molar-refractivity contribution < 1.29 is 47.4 Å². The van der Waals surface area contributed by atoms with Crippen LogP contribution in [0.3, 0.4) is 0 Å². The summed E-state index contributed by atoms with van der Waals surface area (Å²) in [5.41, 5.74) is 2.82. The first-order chi connectivity index (χ1) is 55.2. The highest BCUT2D eigenvalue weighted by Crippen LogP contribution is 2.67. The van der Waals surface area contributed by atoms with E-state index in [0.29, 0.717) is 0 Å². The van der Waals surface area contributed by atoms with E-state index in [1.54, 1.807) is 135 Å². The molecular formula is C103H192O10. The zero-order valence-electron chi connectivity index (χ0n) is 78.1. The van der Waals surface area contributed by atoms with Crippen molar-refractivity contribution in [1.82, 2.24) is 0 Å². The van der Waals surface area contributed by atoms with Crippen molar-refractivity contribution in [2.45, 2.75) is 473 Å². The van der Waals surface area contributed by atoms with Crippen molar-refractivity contribution in [1.29, 1.82) is 0 Å². The molecule has 14 bridgehead atoms. The molecule has 7 atom stereocenters. The molecule has 5 aliphatic heterocycles. The number of hydrogen-bond acceptors (Lipinski definition) is 10. The largest absolute Gasteiger partial charge is 0.378 e. The summed E-state index contributed by atoms with van der Waals surface area (Å²) in [4.78, 5) is 0. The average molecular weight is 1590 g/mol. The first kappa shape index (κ1) is 98.0. The molecule has 23 fully saturated rings. The van der Waals surface area contributed by atoms with Gasteiger partial charge in [-0.15, -0.1) is 0 Å². The maximum atomic E-state index is 6.34. The Labute approximate surface area is 701 Å². The third-order valence-corrected chi connectivity index (χ3v) is 32.6. The minimum Gasteiger partial charge on any atom is -0.378 e. The van der Waals surface area contributed by atoms with Gasteiger partial charge in [0.15, 0.2) is 11.6 Å². The first-order valence-electron chi connectivity index (χ1n) is 51.4. The van der Waals surface area contributed by atoms with Gasteiger partial charge in [0.05, 0.1) is 63.1 Å². The lowest BCUT2D eigenvalue weighted by Crippen LogP contribution is -2.61. The van der Waals surface area contributed by atoms with Crippen LogP contribution in [0.1, 0.15) is 445 Å². The molecule has 7 unspecified atom stereocenters. The van der Waals surface area contributed by atoms with E-state index in [-0.39, 0.29) is 28.4 Å². The summed E-state index contributed by atoms with van der Waals surface area (Å²) >= 11 is 0. The molecule has 23 aliphatic rings. The van der Waals surface area contributed by atoms with Crippen molar-refractivity contribution in [2.75, 3.05) is 85.9 Å². The lowest BCUT2D eigenvalue weighted by Gasteiger charge is -2.62. The molecule has 5 saturated heterocycles. The van der Waals surface area contributed by atoms with E-state index in [4.69, 9.17) is 47.4 Å². The molecule has 0 radical (unpaired) electrons. The van der Waals surface area contributed by atoms with Crippen LogP contribution in [0, 0.1) is 99.1 Å². The summed E-state index contributed by atoms with van der Waals surface area (Å²) in [6.45, 7) is 43.4. The molecule has 18 saturated carbocycles. The molecular weight excluding hydrogens is 1400 g/mol. The van der Waals surface area contributed by atoms with E-state index < -0.39 is 0 Å². The quantitative estimate of drug-likeness (QED) is 0.233. The Hall–Kier alpha value is -0.400. The second-order valence-electron chi connectivity index (χ2n) is 40.3. The van der Waals surface area contributed by atoms with Crippen molar-refractivity contribution in [3.8, 4) is 0 Å². The molecule has 0 aromatic heterocycles. The highest BCUT2D eigenvalue weighted by atomic mass is 16.7. The van der Waals surface area contributed by atoms with Gasteiger partial charge in [0.2, 0.25) is 0 Å². The van der Waals surface area contributed by atoms with E-state index in [2.05, 4.69) is 13.8 Å². The zero-order chi connectivity index (χ0) is 81.1.